The zero-order chi connectivity index (χ0) is 19.2. The monoisotopic (exact) mass is 357 g/mol. The smallest absolute Gasteiger partial charge is 0.256 e. The molecule has 0 saturated carbocycles. The summed E-state index contributed by atoms with van der Waals surface area (Å²) in [6.07, 6.45) is 2.65. The van der Waals surface area contributed by atoms with E-state index in [1.807, 2.05) is 50.2 Å². The molecule has 0 bridgehead atoms. The molecule has 0 saturated heterocycles. The molecule has 0 aliphatic heterocycles. The summed E-state index contributed by atoms with van der Waals surface area (Å²) in [5.74, 6) is 0.732. The van der Waals surface area contributed by atoms with E-state index in [0.717, 1.165) is 35.1 Å². The van der Waals surface area contributed by atoms with Gasteiger partial charge in [-0.1, -0.05) is 44.5 Å². The van der Waals surface area contributed by atoms with E-state index in [9.17, 15) is 4.79 Å². The minimum absolute atomic E-state index is 0.109. The Morgan fingerprint density at radius 3 is 2.42 bits per heavy atom. The highest BCUT2D eigenvalue weighted by Gasteiger charge is 2.33. The molecule has 0 aromatic heterocycles. The largest absolute Gasteiger partial charge is 0.490 e. The molecule has 1 N–H and O–H groups in total. The predicted molar refractivity (Wildman–Crippen MR) is 108 cm³/mol. The topological polar surface area (TPSA) is 47.6 Å². The van der Waals surface area contributed by atoms with Crippen molar-refractivity contribution in [3.05, 3.63) is 36.4 Å². The second-order valence-corrected chi connectivity index (χ2v) is 6.86. The van der Waals surface area contributed by atoms with Crippen LogP contribution < -0.4 is 10.1 Å². The molecule has 2 atom stereocenters. The van der Waals surface area contributed by atoms with Crippen LogP contribution in [0.5, 0.6) is 5.75 Å². The average Bonchev–Trinajstić information content (AvgIpc) is 2.63. The van der Waals surface area contributed by atoms with Gasteiger partial charge in [0.1, 0.15) is 11.4 Å². The molecule has 0 fully saturated rings. The number of benzene rings is 2. The van der Waals surface area contributed by atoms with Crippen LogP contribution in [0.4, 0.5) is 5.69 Å². The summed E-state index contributed by atoms with van der Waals surface area (Å²) in [4.78, 5) is 12.9. The molecular weight excluding hydrogens is 326 g/mol. The van der Waals surface area contributed by atoms with Gasteiger partial charge in [0.25, 0.3) is 5.91 Å². The van der Waals surface area contributed by atoms with E-state index < -0.39 is 5.60 Å². The number of carbonyl (C=O) groups is 1. The molecule has 2 aromatic carbocycles. The van der Waals surface area contributed by atoms with E-state index in [1.165, 1.54) is 0 Å². The number of nitrogens with one attached hydrogen (secondary N) is 1. The maximum Gasteiger partial charge on any atom is 0.256 e. The molecule has 26 heavy (non-hydrogen) atoms. The maximum atomic E-state index is 12.9. The van der Waals surface area contributed by atoms with Crippen LogP contribution in [0.3, 0.4) is 0 Å². The molecule has 0 radical (unpaired) electrons. The minimum atomic E-state index is -0.823. The lowest BCUT2D eigenvalue weighted by molar-refractivity contribution is -0.139. The lowest BCUT2D eigenvalue weighted by Gasteiger charge is -2.28. The van der Waals surface area contributed by atoms with Gasteiger partial charge < -0.3 is 14.8 Å². The molecule has 0 spiro atoms. The molecule has 4 heteroatoms. The number of hydrogen-bond donors (Lipinski definition) is 1. The van der Waals surface area contributed by atoms with Crippen molar-refractivity contribution in [3.8, 4) is 5.75 Å². The van der Waals surface area contributed by atoms with Crippen LogP contribution in [0.25, 0.3) is 10.8 Å². The van der Waals surface area contributed by atoms with E-state index in [2.05, 4.69) is 26.1 Å². The summed E-state index contributed by atoms with van der Waals surface area (Å²) in [7, 11) is 0. The normalized spacial score (nSPS) is 14.7. The van der Waals surface area contributed by atoms with Gasteiger partial charge in [0, 0.05) is 23.1 Å². The number of anilines is 1. The third-order valence-electron chi connectivity index (χ3n) is 4.71. The minimum Gasteiger partial charge on any atom is -0.490 e. The van der Waals surface area contributed by atoms with Crippen LogP contribution in [-0.2, 0) is 9.53 Å². The van der Waals surface area contributed by atoms with Crippen molar-refractivity contribution < 1.29 is 14.3 Å². The Morgan fingerprint density at radius 2 is 1.81 bits per heavy atom. The lowest BCUT2D eigenvalue weighted by atomic mass is 9.98. The number of ether oxygens (including phenoxy) is 2. The fourth-order valence-electron chi connectivity index (χ4n) is 3.08. The van der Waals surface area contributed by atoms with Gasteiger partial charge in [0.2, 0.25) is 0 Å². The van der Waals surface area contributed by atoms with Crippen LogP contribution in [-0.4, -0.2) is 24.2 Å². The van der Waals surface area contributed by atoms with Gasteiger partial charge in [-0.3, -0.25) is 4.79 Å². The molecule has 2 rings (SSSR count). The zero-order valence-corrected chi connectivity index (χ0v) is 16.6. The van der Waals surface area contributed by atoms with Crippen LogP contribution >= 0.6 is 0 Å². The summed E-state index contributed by atoms with van der Waals surface area (Å²) in [6, 6.07) is 11.8. The highest BCUT2D eigenvalue weighted by molar-refractivity contribution is 6.06. The highest BCUT2D eigenvalue weighted by Crippen LogP contribution is 2.33. The summed E-state index contributed by atoms with van der Waals surface area (Å²) in [6.45, 7) is 10.5. The first-order chi connectivity index (χ1) is 12.4. The van der Waals surface area contributed by atoms with Crippen LogP contribution in [0.2, 0.25) is 0 Å². The van der Waals surface area contributed by atoms with Crippen molar-refractivity contribution in [2.45, 2.75) is 65.6 Å². The Bertz CT molecular complexity index is 735. The second kappa shape index (κ2) is 9.04. The van der Waals surface area contributed by atoms with E-state index in [4.69, 9.17) is 9.47 Å². The Kier molecular flexibility index (Phi) is 7.04. The van der Waals surface area contributed by atoms with E-state index in [0.29, 0.717) is 13.0 Å². The van der Waals surface area contributed by atoms with Gasteiger partial charge in [-0.15, -0.1) is 0 Å². The van der Waals surface area contributed by atoms with Crippen molar-refractivity contribution in [2.75, 3.05) is 11.9 Å². The van der Waals surface area contributed by atoms with E-state index >= 15 is 0 Å². The fourth-order valence-corrected chi connectivity index (χ4v) is 3.08. The summed E-state index contributed by atoms with van der Waals surface area (Å²) >= 11 is 0. The maximum absolute atomic E-state index is 12.9. The van der Waals surface area contributed by atoms with Gasteiger partial charge in [0.15, 0.2) is 0 Å². The predicted octanol–water partition coefficient (Wildman–Crippen LogP) is 5.55. The molecule has 4 nitrogen and oxygen atoms in total. The summed E-state index contributed by atoms with van der Waals surface area (Å²) in [5.41, 5.74) is -0.0413. The third kappa shape index (κ3) is 4.55. The van der Waals surface area contributed by atoms with Crippen molar-refractivity contribution >= 4 is 22.4 Å². The SMILES string of the molecule is CCC[C@](C)(OCC)C(=O)Nc1ccc(O[C@H](C)CC)c2ccccc12. The summed E-state index contributed by atoms with van der Waals surface area (Å²) < 4.78 is 11.8. The molecule has 1 amide bonds. The van der Waals surface area contributed by atoms with Crippen molar-refractivity contribution in [2.24, 2.45) is 0 Å². The molecule has 142 valence electrons. The fraction of sp³-hybridized carbons (Fsp3) is 0.500. The molecule has 0 unspecified atom stereocenters. The third-order valence-corrected chi connectivity index (χ3v) is 4.71. The first kappa shape index (κ1) is 20.2. The Morgan fingerprint density at radius 1 is 1.12 bits per heavy atom. The molecular formula is C22H31NO3. The number of fused-ring (bicyclic) bond motifs is 1. The number of hydrogen-bond acceptors (Lipinski definition) is 3. The number of carbonyl (C=O) groups excluding carboxylic acids is 1. The standard InChI is InChI=1S/C22H31NO3/c1-6-15-22(5,25-8-3)21(24)23-19-13-14-20(26-16(4)7-2)18-12-10-9-11-17(18)19/h9-14,16H,6-8,15H2,1-5H3,(H,23,24)/t16-,22+/m1/s1. The van der Waals surface area contributed by atoms with Gasteiger partial charge in [-0.05, 0) is 45.7 Å². The number of rotatable bonds is 9. The van der Waals surface area contributed by atoms with Crippen molar-refractivity contribution in [3.63, 3.8) is 0 Å². The zero-order valence-electron chi connectivity index (χ0n) is 16.6. The molecule has 0 aliphatic rings. The average molecular weight is 357 g/mol. The lowest BCUT2D eigenvalue weighted by Crippen LogP contribution is -2.42. The Hall–Kier alpha value is -2.07. The van der Waals surface area contributed by atoms with Crippen molar-refractivity contribution in [1.29, 1.82) is 0 Å². The van der Waals surface area contributed by atoms with Crippen LogP contribution in [0, 0.1) is 0 Å². The van der Waals surface area contributed by atoms with Crippen LogP contribution in [0.15, 0.2) is 36.4 Å². The van der Waals surface area contributed by atoms with Gasteiger partial charge in [-0.25, -0.2) is 0 Å². The van der Waals surface area contributed by atoms with Gasteiger partial charge >= 0.3 is 0 Å². The molecule has 0 heterocycles. The van der Waals surface area contributed by atoms with Crippen LogP contribution in [0.1, 0.15) is 53.9 Å². The molecule has 2 aromatic rings. The van der Waals surface area contributed by atoms with E-state index in [-0.39, 0.29) is 12.0 Å². The second-order valence-electron chi connectivity index (χ2n) is 6.86. The van der Waals surface area contributed by atoms with E-state index in [1.54, 1.807) is 0 Å². The van der Waals surface area contributed by atoms with Crippen molar-refractivity contribution in [1.82, 2.24) is 0 Å². The Balaban J connectivity index is 2.36. The quantitative estimate of drug-likeness (QED) is 0.640. The van der Waals surface area contributed by atoms with Gasteiger partial charge in [-0.2, -0.15) is 0 Å². The molecule has 0 aliphatic carbocycles. The first-order valence-corrected chi connectivity index (χ1v) is 9.59. The number of amides is 1. The van der Waals surface area contributed by atoms with Gasteiger partial charge in [0.05, 0.1) is 6.10 Å². The highest BCUT2D eigenvalue weighted by atomic mass is 16.5. The Labute approximate surface area is 156 Å². The first-order valence-electron chi connectivity index (χ1n) is 9.59. The summed E-state index contributed by atoms with van der Waals surface area (Å²) in [5, 5.41) is 5.04.